The third-order valence-corrected chi connectivity index (χ3v) is 6.51. The van der Waals surface area contributed by atoms with E-state index in [0.29, 0.717) is 5.69 Å². The van der Waals surface area contributed by atoms with Crippen molar-refractivity contribution in [3.8, 4) is 0 Å². The van der Waals surface area contributed by atoms with E-state index in [4.69, 9.17) is 0 Å². The molecule has 0 radical (unpaired) electrons. The first-order chi connectivity index (χ1) is 13.3. The van der Waals surface area contributed by atoms with Crippen molar-refractivity contribution in [2.24, 2.45) is 4.99 Å². The van der Waals surface area contributed by atoms with Crippen LogP contribution in [-0.2, 0) is 19.6 Å². The summed E-state index contributed by atoms with van der Waals surface area (Å²) >= 11 is 1.46. The number of hydrogen-bond acceptors (Lipinski definition) is 7. The van der Waals surface area contributed by atoms with Crippen LogP contribution in [0.3, 0.4) is 0 Å². The highest BCUT2D eigenvalue weighted by molar-refractivity contribution is 7.90. The largest absolute Gasteiger partial charge is 0.325 e. The van der Waals surface area contributed by atoms with E-state index < -0.39 is 21.8 Å². The number of aromatic nitrogens is 1. The van der Waals surface area contributed by atoms with Crippen LogP contribution in [0.5, 0.6) is 0 Å². The molecule has 8 nitrogen and oxygen atoms in total. The van der Waals surface area contributed by atoms with Crippen molar-refractivity contribution in [1.82, 2.24) is 9.71 Å². The molecule has 0 bridgehead atoms. The zero-order valence-electron chi connectivity index (χ0n) is 14.5. The molecular weight excluding hydrogens is 400 g/mol. The van der Waals surface area contributed by atoms with Gasteiger partial charge in [-0.05, 0) is 36.4 Å². The second-order valence-electron chi connectivity index (χ2n) is 6.13. The van der Waals surface area contributed by atoms with Gasteiger partial charge in [0.1, 0.15) is 5.92 Å². The molecule has 1 aromatic heterocycles. The topological polar surface area (TPSA) is 118 Å². The lowest BCUT2D eigenvalue weighted by atomic mass is 10.0. The van der Waals surface area contributed by atoms with E-state index in [1.165, 1.54) is 41.8 Å². The summed E-state index contributed by atoms with van der Waals surface area (Å²) in [6.07, 6.45) is 1.54. The maximum Gasteiger partial charge on any atom is 0.264 e. The van der Waals surface area contributed by atoms with E-state index in [9.17, 15) is 18.0 Å². The highest BCUT2D eigenvalue weighted by atomic mass is 32.2. The van der Waals surface area contributed by atoms with Gasteiger partial charge in [0.15, 0.2) is 0 Å². The average molecular weight is 414 g/mol. The SMILES string of the molecule is CC(=O)NS(=O)(=O)c1ccc(N=CC2C(=O)Nc3ccc4ncsc4c32)cc1. The molecular formula is C18H14N4O4S2. The Hall–Kier alpha value is -3.11. The lowest BCUT2D eigenvalue weighted by Gasteiger charge is -2.05. The van der Waals surface area contributed by atoms with Crippen molar-refractivity contribution in [1.29, 1.82) is 0 Å². The number of amides is 2. The summed E-state index contributed by atoms with van der Waals surface area (Å²) in [6, 6.07) is 9.39. The summed E-state index contributed by atoms with van der Waals surface area (Å²) in [5, 5.41) is 2.84. The Morgan fingerprint density at radius 2 is 2.00 bits per heavy atom. The molecule has 0 saturated heterocycles. The number of nitrogens with one attached hydrogen (secondary N) is 2. The van der Waals surface area contributed by atoms with Gasteiger partial charge in [-0.1, -0.05) is 0 Å². The summed E-state index contributed by atoms with van der Waals surface area (Å²) in [5.41, 5.74) is 4.63. The van der Waals surface area contributed by atoms with Crippen molar-refractivity contribution in [2.75, 3.05) is 5.32 Å². The fourth-order valence-electron chi connectivity index (χ4n) is 2.97. The molecule has 2 amide bonds. The number of aliphatic imine (C=N–C) groups is 1. The van der Waals surface area contributed by atoms with Gasteiger partial charge < -0.3 is 5.32 Å². The van der Waals surface area contributed by atoms with Crippen LogP contribution < -0.4 is 10.0 Å². The Morgan fingerprint density at radius 1 is 1.25 bits per heavy atom. The van der Waals surface area contributed by atoms with Crippen molar-refractivity contribution in [3.63, 3.8) is 0 Å². The van der Waals surface area contributed by atoms with E-state index in [1.807, 2.05) is 16.9 Å². The summed E-state index contributed by atoms with van der Waals surface area (Å²) in [6.45, 7) is 1.13. The maximum atomic E-state index is 12.4. The van der Waals surface area contributed by atoms with E-state index in [0.717, 1.165) is 28.4 Å². The minimum Gasteiger partial charge on any atom is -0.325 e. The molecule has 2 N–H and O–H groups in total. The van der Waals surface area contributed by atoms with Crippen LogP contribution in [0, 0.1) is 0 Å². The summed E-state index contributed by atoms with van der Waals surface area (Å²) < 4.78 is 26.8. The predicted molar refractivity (Wildman–Crippen MR) is 107 cm³/mol. The molecule has 28 heavy (non-hydrogen) atoms. The van der Waals surface area contributed by atoms with Crippen molar-refractivity contribution in [2.45, 2.75) is 17.7 Å². The van der Waals surface area contributed by atoms with E-state index in [-0.39, 0.29) is 10.8 Å². The molecule has 142 valence electrons. The number of carbonyl (C=O) groups excluding carboxylic acids is 2. The smallest absolute Gasteiger partial charge is 0.264 e. The summed E-state index contributed by atoms with van der Waals surface area (Å²) in [4.78, 5) is 31.9. The van der Waals surface area contributed by atoms with Gasteiger partial charge in [-0.2, -0.15) is 0 Å². The van der Waals surface area contributed by atoms with Gasteiger partial charge in [-0.3, -0.25) is 14.6 Å². The van der Waals surface area contributed by atoms with E-state index in [2.05, 4.69) is 15.3 Å². The lowest BCUT2D eigenvalue weighted by molar-refractivity contribution is -0.117. The van der Waals surface area contributed by atoms with Gasteiger partial charge >= 0.3 is 0 Å². The first kappa shape index (κ1) is 18.3. The van der Waals surface area contributed by atoms with Crippen LogP contribution in [0.1, 0.15) is 18.4 Å². The predicted octanol–water partition coefficient (Wildman–Crippen LogP) is 2.56. The number of carbonyl (C=O) groups is 2. The standard InChI is InChI=1S/C18H14N4O4S2/c1-10(23)22-28(25,26)12-4-2-11(3-5-12)19-8-13-16-14(21-18(13)24)6-7-15-17(16)27-9-20-15/h2-9,13H,1H3,(H,21,24)(H,22,23). The maximum absolute atomic E-state index is 12.4. The number of nitrogens with zero attached hydrogens (tertiary/aromatic N) is 2. The van der Waals surface area contributed by atoms with Gasteiger partial charge in [0.05, 0.1) is 26.3 Å². The van der Waals surface area contributed by atoms with Gasteiger partial charge in [0, 0.05) is 24.4 Å². The number of anilines is 1. The number of rotatable bonds is 4. The molecule has 2 aromatic carbocycles. The number of benzene rings is 2. The first-order valence-electron chi connectivity index (χ1n) is 8.20. The quantitative estimate of drug-likeness (QED) is 0.636. The Kier molecular flexibility index (Phi) is 4.44. The van der Waals surface area contributed by atoms with Gasteiger partial charge in [0.2, 0.25) is 11.8 Å². The Labute approximate surface area is 164 Å². The zero-order chi connectivity index (χ0) is 19.9. The second-order valence-corrected chi connectivity index (χ2v) is 8.67. The second kappa shape index (κ2) is 6.80. The molecule has 0 fully saturated rings. The van der Waals surface area contributed by atoms with Crippen LogP contribution in [0.4, 0.5) is 11.4 Å². The number of thiazole rings is 1. The molecule has 3 aromatic rings. The lowest BCUT2D eigenvalue weighted by Crippen LogP contribution is -2.28. The molecule has 1 unspecified atom stereocenters. The number of sulfonamides is 1. The van der Waals surface area contributed by atoms with Gasteiger partial charge in [-0.15, -0.1) is 11.3 Å². The molecule has 0 saturated carbocycles. The Bertz CT molecular complexity index is 1230. The molecule has 1 aliphatic rings. The first-order valence-corrected chi connectivity index (χ1v) is 10.6. The van der Waals surface area contributed by atoms with Crippen molar-refractivity contribution >= 4 is 61.0 Å². The van der Waals surface area contributed by atoms with E-state index >= 15 is 0 Å². The highest BCUT2D eigenvalue weighted by Crippen LogP contribution is 2.39. The van der Waals surface area contributed by atoms with Crippen LogP contribution in [0.25, 0.3) is 10.2 Å². The molecule has 2 heterocycles. The molecule has 1 atom stereocenters. The van der Waals surface area contributed by atoms with Crippen LogP contribution in [-0.4, -0.2) is 31.4 Å². The monoisotopic (exact) mass is 414 g/mol. The molecule has 0 aliphatic carbocycles. The average Bonchev–Trinajstić information content (AvgIpc) is 3.22. The Balaban J connectivity index is 1.62. The third kappa shape index (κ3) is 3.27. The van der Waals surface area contributed by atoms with Crippen LogP contribution in [0.2, 0.25) is 0 Å². The van der Waals surface area contributed by atoms with Crippen molar-refractivity contribution in [3.05, 3.63) is 47.5 Å². The highest BCUT2D eigenvalue weighted by Gasteiger charge is 2.31. The minimum atomic E-state index is -3.89. The van der Waals surface area contributed by atoms with Crippen LogP contribution in [0.15, 0.2) is 51.8 Å². The van der Waals surface area contributed by atoms with Gasteiger partial charge in [0.25, 0.3) is 10.0 Å². The fraction of sp³-hybridized carbons (Fsp3) is 0.111. The third-order valence-electron chi connectivity index (χ3n) is 4.19. The number of hydrogen-bond donors (Lipinski definition) is 2. The van der Waals surface area contributed by atoms with Crippen molar-refractivity contribution < 1.29 is 18.0 Å². The molecule has 1 aliphatic heterocycles. The summed E-state index contributed by atoms with van der Waals surface area (Å²) in [7, 11) is -3.89. The molecule has 10 heteroatoms. The Morgan fingerprint density at radius 3 is 2.71 bits per heavy atom. The molecule has 4 rings (SSSR count). The normalized spacial score (nSPS) is 16.3. The van der Waals surface area contributed by atoms with Gasteiger partial charge in [-0.25, -0.2) is 18.1 Å². The zero-order valence-corrected chi connectivity index (χ0v) is 16.2. The minimum absolute atomic E-state index is 0.0445. The number of fused-ring (bicyclic) bond motifs is 3. The van der Waals surface area contributed by atoms with E-state index in [1.54, 1.807) is 5.51 Å². The summed E-state index contributed by atoms with van der Waals surface area (Å²) in [5.74, 6) is -1.39. The fourth-order valence-corrected chi connectivity index (χ4v) is 4.84. The van der Waals surface area contributed by atoms with Crippen LogP contribution >= 0.6 is 11.3 Å². The molecule has 0 spiro atoms.